The normalized spacial score (nSPS) is 10.9. The first-order valence-corrected chi connectivity index (χ1v) is 10.2. The lowest BCUT2D eigenvalue weighted by Crippen LogP contribution is -2.04. The lowest BCUT2D eigenvalue weighted by Gasteiger charge is -2.11. The Balaban J connectivity index is 1.64. The molecule has 0 fully saturated rings. The van der Waals surface area contributed by atoms with Gasteiger partial charge in [0.05, 0.1) is 5.39 Å². The van der Waals surface area contributed by atoms with E-state index in [1.54, 1.807) is 29.9 Å². The Bertz CT molecular complexity index is 1240. The van der Waals surface area contributed by atoms with Crippen LogP contribution in [0.5, 0.6) is 0 Å². The van der Waals surface area contributed by atoms with E-state index in [1.807, 2.05) is 48.5 Å². The number of hydrogen-bond acceptors (Lipinski definition) is 6. The number of nitrogens with zero attached hydrogens (tertiary/aromatic N) is 4. The average molecular weight is 395 g/mol. The number of aromatic nitrogens is 4. The van der Waals surface area contributed by atoms with Gasteiger partial charge in [0.15, 0.2) is 5.82 Å². The van der Waals surface area contributed by atoms with Crippen molar-refractivity contribution in [1.82, 2.24) is 19.9 Å². The third-order valence-corrected chi connectivity index (χ3v) is 5.49. The van der Waals surface area contributed by atoms with Gasteiger partial charge in [0, 0.05) is 36.1 Å². The molecule has 5 aromatic rings. The molecule has 4 aromatic heterocycles. The van der Waals surface area contributed by atoms with Crippen molar-refractivity contribution in [3.8, 4) is 22.6 Å². The standard InChI is InChI=1S/C23H17N5S/c1-2-6-17(7-3-1)18-15-29-23-20(18)22(26-14-16-9-12-24-13-10-16)27-21(28-23)19-8-4-5-11-25-19/h1-13,15H,14H2,(H,26,27,28). The molecule has 0 bridgehead atoms. The molecule has 4 heterocycles. The summed E-state index contributed by atoms with van der Waals surface area (Å²) in [5.74, 6) is 1.43. The maximum absolute atomic E-state index is 4.85. The summed E-state index contributed by atoms with van der Waals surface area (Å²) >= 11 is 1.62. The van der Waals surface area contributed by atoms with E-state index < -0.39 is 0 Å². The van der Waals surface area contributed by atoms with Crippen molar-refractivity contribution < 1.29 is 0 Å². The molecule has 6 heteroatoms. The first kappa shape index (κ1) is 17.5. The Morgan fingerprint density at radius 1 is 0.828 bits per heavy atom. The lowest BCUT2D eigenvalue weighted by atomic mass is 10.1. The lowest BCUT2D eigenvalue weighted by molar-refractivity contribution is 1.09. The van der Waals surface area contributed by atoms with Crippen molar-refractivity contribution in [2.24, 2.45) is 0 Å². The number of pyridine rings is 2. The molecule has 5 rings (SSSR count). The molecule has 0 saturated carbocycles. The van der Waals surface area contributed by atoms with E-state index in [2.05, 4.69) is 32.8 Å². The Morgan fingerprint density at radius 2 is 1.66 bits per heavy atom. The molecule has 0 spiro atoms. The van der Waals surface area contributed by atoms with Gasteiger partial charge in [0.2, 0.25) is 0 Å². The maximum atomic E-state index is 4.85. The van der Waals surface area contributed by atoms with Crippen LogP contribution < -0.4 is 5.32 Å². The van der Waals surface area contributed by atoms with E-state index in [4.69, 9.17) is 9.97 Å². The summed E-state index contributed by atoms with van der Waals surface area (Å²) in [6.07, 6.45) is 5.36. The Labute approximate surface area is 172 Å². The second-order valence-electron chi connectivity index (χ2n) is 6.52. The van der Waals surface area contributed by atoms with Crippen LogP contribution in [0.2, 0.25) is 0 Å². The summed E-state index contributed by atoms with van der Waals surface area (Å²) in [6.45, 7) is 0.653. The van der Waals surface area contributed by atoms with Gasteiger partial charge in [-0.25, -0.2) is 9.97 Å². The zero-order valence-electron chi connectivity index (χ0n) is 15.5. The van der Waals surface area contributed by atoms with Crippen LogP contribution in [0.4, 0.5) is 5.82 Å². The number of thiophene rings is 1. The molecule has 0 saturated heterocycles. The van der Waals surface area contributed by atoms with E-state index in [0.29, 0.717) is 12.4 Å². The highest BCUT2D eigenvalue weighted by atomic mass is 32.1. The molecule has 0 atom stereocenters. The Kier molecular flexibility index (Phi) is 4.68. The second-order valence-corrected chi connectivity index (χ2v) is 7.37. The topological polar surface area (TPSA) is 63.6 Å². The quantitative estimate of drug-likeness (QED) is 0.430. The van der Waals surface area contributed by atoms with Crippen LogP contribution in [-0.2, 0) is 6.54 Å². The van der Waals surface area contributed by atoms with Gasteiger partial charge in [0.25, 0.3) is 0 Å². The molecule has 0 radical (unpaired) electrons. The predicted octanol–water partition coefficient (Wildman–Crippen LogP) is 5.43. The number of rotatable bonds is 5. The third-order valence-electron chi connectivity index (χ3n) is 4.62. The fourth-order valence-corrected chi connectivity index (χ4v) is 4.14. The van der Waals surface area contributed by atoms with Gasteiger partial charge < -0.3 is 5.32 Å². The zero-order valence-corrected chi connectivity index (χ0v) is 16.3. The first-order chi connectivity index (χ1) is 14.4. The minimum absolute atomic E-state index is 0.622. The summed E-state index contributed by atoms with van der Waals surface area (Å²) < 4.78 is 0. The van der Waals surface area contributed by atoms with Crippen LogP contribution >= 0.6 is 11.3 Å². The summed E-state index contributed by atoms with van der Waals surface area (Å²) in [6, 6.07) is 20.1. The highest BCUT2D eigenvalue weighted by Gasteiger charge is 2.16. The Morgan fingerprint density at radius 3 is 2.45 bits per heavy atom. The molecule has 5 nitrogen and oxygen atoms in total. The van der Waals surface area contributed by atoms with E-state index in [9.17, 15) is 0 Å². The van der Waals surface area contributed by atoms with Crippen LogP contribution in [0.3, 0.4) is 0 Å². The molecule has 140 valence electrons. The molecule has 0 amide bonds. The van der Waals surface area contributed by atoms with Crippen LogP contribution in [0.15, 0.2) is 84.6 Å². The van der Waals surface area contributed by atoms with Crippen molar-refractivity contribution >= 4 is 27.4 Å². The van der Waals surface area contributed by atoms with Crippen molar-refractivity contribution in [3.63, 3.8) is 0 Å². The molecule has 1 N–H and O–H groups in total. The third kappa shape index (κ3) is 3.58. The smallest absolute Gasteiger partial charge is 0.181 e. The van der Waals surface area contributed by atoms with Gasteiger partial charge in [-0.15, -0.1) is 11.3 Å². The summed E-state index contributed by atoms with van der Waals surface area (Å²) in [5, 5.41) is 6.69. The number of fused-ring (bicyclic) bond motifs is 1. The monoisotopic (exact) mass is 395 g/mol. The number of nitrogens with one attached hydrogen (secondary N) is 1. The molecule has 0 unspecified atom stereocenters. The van der Waals surface area contributed by atoms with Gasteiger partial charge >= 0.3 is 0 Å². The van der Waals surface area contributed by atoms with Crippen LogP contribution in [0, 0.1) is 0 Å². The largest absolute Gasteiger partial charge is 0.365 e. The van der Waals surface area contributed by atoms with Crippen LogP contribution in [-0.4, -0.2) is 19.9 Å². The average Bonchev–Trinajstić information content (AvgIpc) is 3.24. The summed E-state index contributed by atoms with van der Waals surface area (Å²) in [7, 11) is 0. The van der Waals surface area contributed by atoms with E-state index >= 15 is 0 Å². The molecule has 0 aliphatic rings. The van der Waals surface area contributed by atoms with E-state index in [-0.39, 0.29) is 0 Å². The molecule has 1 aromatic carbocycles. The fourth-order valence-electron chi connectivity index (χ4n) is 3.20. The number of hydrogen-bond donors (Lipinski definition) is 1. The second kappa shape index (κ2) is 7.77. The van der Waals surface area contributed by atoms with Crippen molar-refractivity contribution in [3.05, 3.63) is 90.2 Å². The van der Waals surface area contributed by atoms with Crippen molar-refractivity contribution in [2.75, 3.05) is 5.32 Å². The molecular weight excluding hydrogens is 378 g/mol. The molecule has 0 aliphatic heterocycles. The van der Waals surface area contributed by atoms with Gasteiger partial charge in [-0.1, -0.05) is 36.4 Å². The highest BCUT2D eigenvalue weighted by Crippen LogP contribution is 2.38. The minimum atomic E-state index is 0.622. The summed E-state index contributed by atoms with van der Waals surface area (Å²) in [5.41, 5.74) is 4.19. The highest BCUT2D eigenvalue weighted by molar-refractivity contribution is 7.17. The molecule has 29 heavy (non-hydrogen) atoms. The Hall–Kier alpha value is -3.64. The molecular formula is C23H17N5S. The van der Waals surface area contributed by atoms with Gasteiger partial charge in [-0.05, 0) is 35.4 Å². The van der Waals surface area contributed by atoms with Crippen molar-refractivity contribution in [2.45, 2.75) is 6.54 Å². The minimum Gasteiger partial charge on any atom is -0.365 e. The van der Waals surface area contributed by atoms with E-state index in [0.717, 1.165) is 38.4 Å². The SMILES string of the molecule is c1ccc(-c2csc3nc(-c4ccccn4)nc(NCc4ccncc4)c23)cc1. The van der Waals surface area contributed by atoms with E-state index in [1.165, 1.54) is 0 Å². The summed E-state index contributed by atoms with van der Waals surface area (Å²) in [4.78, 5) is 19.1. The van der Waals surface area contributed by atoms with Crippen LogP contribution in [0.1, 0.15) is 5.56 Å². The maximum Gasteiger partial charge on any atom is 0.181 e. The molecule has 0 aliphatic carbocycles. The van der Waals surface area contributed by atoms with Gasteiger partial charge in [-0.2, -0.15) is 0 Å². The van der Waals surface area contributed by atoms with Crippen LogP contribution in [0.25, 0.3) is 32.9 Å². The first-order valence-electron chi connectivity index (χ1n) is 9.27. The predicted molar refractivity (Wildman–Crippen MR) is 118 cm³/mol. The number of anilines is 1. The van der Waals surface area contributed by atoms with Crippen molar-refractivity contribution in [1.29, 1.82) is 0 Å². The van der Waals surface area contributed by atoms with Gasteiger partial charge in [0.1, 0.15) is 16.3 Å². The number of benzene rings is 1. The van der Waals surface area contributed by atoms with Gasteiger partial charge in [-0.3, -0.25) is 9.97 Å². The fraction of sp³-hybridized carbons (Fsp3) is 0.0435. The zero-order chi connectivity index (χ0) is 19.5.